The van der Waals surface area contributed by atoms with Crippen LogP contribution in [0.1, 0.15) is 31.4 Å². The van der Waals surface area contributed by atoms with Crippen LogP contribution in [0.3, 0.4) is 0 Å². The van der Waals surface area contributed by atoms with Gasteiger partial charge >= 0.3 is 0 Å². The summed E-state index contributed by atoms with van der Waals surface area (Å²) in [6.45, 7) is 4.76. The number of amides is 1. The number of nitrogens with one attached hydrogen (secondary N) is 2. The molecule has 0 aliphatic heterocycles. The monoisotopic (exact) mass is 488 g/mol. The largest absolute Gasteiger partial charge is 0.377 e. The number of halogens is 1. The van der Waals surface area contributed by atoms with E-state index in [-0.39, 0.29) is 42.0 Å². The first-order valence-corrected chi connectivity index (χ1v) is 9.17. The van der Waals surface area contributed by atoms with Gasteiger partial charge in [-0.2, -0.15) is 0 Å². The summed E-state index contributed by atoms with van der Waals surface area (Å²) >= 11 is 0. The fourth-order valence-corrected chi connectivity index (χ4v) is 2.82. The Kier molecular flexibility index (Phi) is 9.52. The number of fused-ring (bicyclic) bond motifs is 1. The molecule has 2 rings (SSSR count). The third-order valence-electron chi connectivity index (χ3n) is 4.79. The van der Waals surface area contributed by atoms with E-state index in [4.69, 9.17) is 4.74 Å². The summed E-state index contributed by atoms with van der Waals surface area (Å²) < 4.78 is 5.47. The second kappa shape index (κ2) is 10.8. The van der Waals surface area contributed by atoms with Gasteiger partial charge in [0.25, 0.3) is 0 Å². The smallest absolute Gasteiger partial charge is 0.243 e. The minimum absolute atomic E-state index is 0. The minimum Gasteiger partial charge on any atom is -0.377 e. The number of aryl methyl sites for hydroxylation is 1. The van der Waals surface area contributed by atoms with Crippen LogP contribution in [0.4, 0.5) is 0 Å². The molecule has 1 aliphatic rings. The highest BCUT2D eigenvalue weighted by Crippen LogP contribution is 2.21. The van der Waals surface area contributed by atoms with Crippen molar-refractivity contribution in [1.29, 1.82) is 0 Å². The maximum Gasteiger partial charge on any atom is 0.243 e. The molecule has 0 saturated heterocycles. The Bertz CT molecular complexity index is 647. The van der Waals surface area contributed by atoms with Gasteiger partial charge in [-0.25, -0.2) is 4.99 Å². The molecular formula is C20H33IN4O2. The zero-order chi connectivity index (χ0) is 19.2. The van der Waals surface area contributed by atoms with E-state index in [9.17, 15) is 4.79 Å². The molecule has 1 aromatic carbocycles. The molecule has 1 aromatic rings. The van der Waals surface area contributed by atoms with Crippen molar-refractivity contribution in [1.82, 2.24) is 15.5 Å². The molecule has 1 aliphatic carbocycles. The molecule has 152 valence electrons. The third kappa shape index (κ3) is 7.65. The fraction of sp³-hybridized carbons (Fsp3) is 0.600. The number of guanidine groups is 1. The second-order valence-corrected chi connectivity index (χ2v) is 7.62. The molecule has 0 bridgehead atoms. The number of nitrogens with zero attached hydrogens (tertiary/aromatic N) is 2. The minimum atomic E-state index is -0.312. The summed E-state index contributed by atoms with van der Waals surface area (Å²) in [4.78, 5) is 17.9. The van der Waals surface area contributed by atoms with Crippen molar-refractivity contribution in [3.63, 3.8) is 0 Å². The van der Waals surface area contributed by atoms with Crippen molar-refractivity contribution >= 4 is 35.8 Å². The van der Waals surface area contributed by atoms with E-state index in [1.807, 2.05) is 13.8 Å². The van der Waals surface area contributed by atoms with Gasteiger partial charge in [0.15, 0.2) is 5.96 Å². The summed E-state index contributed by atoms with van der Waals surface area (Å²) in [5.41, 5.74) is 2.50. The Hall–Kier alpha value is -1.35. The van der Waals surface area contributed by atoms with Crippen molar-refractivity contribution in [2.24, 2.45) is 4.99 Å². The molecule has 6 nitrogen and oxygen atoms in total. The lowest BCUT2D eigenvalue weighted by Gasteiger charge is -2.29. The number of likely N-dealkylation sites (N-methyl/N-ethyl adjacent to an activating group) is 1. The number of methoxy groups -OCH3 is 1. The number of hydrogen-bond acceptors (Lipinski definition) is 3. The van der Waals surface area contributed by atoms with Crippen LogP contribution in [-0.4, -0.2) is 62.7 Å². The molecule has 1 amide bonds. The maximum absolute atomic E-state index is 11.9. The summed E-state index contributed by atoms with van der Waals surface area (Å²) in [6, 6.07) is 8.88. The first-order valence-electron chi connectivity index (χ1n) is 9.17. The van der Waals surface area contributed by atoms with Crippen molar-refractivity contribution in [2.75, 3.05) is 34.3 Å². The lowest BCUT2D eigenvalue weighted by Crippen LogP contribution is -2.50. The summed E-state index contributed by atoms with van der Waals surface area (Å²) in [5.74, 6) is 0.640. The lowest BCUT2D eigenvalue weighted by atomic mass is 9.88. The van der Waals surface area contributed by atoms with Gasteiger partial charge in [0, 0.05) is 33.8 Å². The molecule has 27 heavy (non-hydrogen) atoms. The predicted molar refractivity (Wildman–Crippen MR) is 121 cm³/mol. The first-order chi connectivity index (χ1) is 12.3. The highest BCUT2D eigenvalue weighted by molar-refractivity contribution is 14.0. The van der Waals surface area contributed by atoms with Gasteiger partial charge in [-0.05, 0) is 44.2 Å². The third-order valence-corrected chi connectivity index (χ3v) is 4.79. The summed E-state index contributed by atoms with van der Waals surface area (Å²) in [7, 11) is 5.18. The zero-order valence-corrected chi connectivity index (χ0v) is 19.4. The van der Waals surface area contributed by atoms with Crippen LogP contribution in [0.25, 0.3) is 0 Å². The lowest BCUT2D eigenvalue weighted by molar-refractivity contribution is -0.127. The average molecular weight is 488 g/mol. The molecule has 1 unspecified atom stereocenters. The number of carbonyl (C=O) groups excluding carboxylic acids is 1. The maximum atomic E-state index is 11.9. The Labute approximate surface area is 180 Å². The average Bonchev–Trinajstić information content (AvgIpc) is 2.63. The van der Waals surface area contributed by atoms with Gasteiger partial charge in [-0.1, -0.05) is 24.3 Å². The molecular weight excluding hydrogens is 455 g/mol. The number of benzene rings is 1. The van der Waals surface area contributed by atoms with E-state index in [1.165, 1.54) is 11.1 Å². The summed E-state index contributed by atoms with van der Waals surface area (Å²) in [6.07, 6.45) is 3.07. The van der Waals surface area contributed by atoms with Crippen molar-refractivity contribution in [2.45, 2.75) is 44.8 Å². The topological polar surface area (TPSA) is 66.0 Å². The van der Waals surface area contributed by atoms with Gasteiger partial charge in [0.1, 0.15) is 6.54 Å². The predicted octanol–water partition coefficient (Wildman–Crippen LogP) is 2.21. The SMILES string of the molecule is COC(C)(C)CNC(=NCC(=O)N(C)C)NC1CCc2ccccc2C1.I. The zero-order valence-electron chi connectivity index (χ0n) is 17.0. The first kappa shape index (κ1) is 23.7. The number of carbonyl (C=O) groups is 1. The van der Waals surface area contributed by atoms with E-state index >= 15 is 0 Å². The molecule has 2 N–H and O–H groups in total. The fourth-order valence-electron chi connectivity index (χ4n) is 2.82. The van der Waals surface area contributed by atoms with Crippen LogP contribution < -0.4 is 10.6 Å². The van der Waals surface area contributed by atoms with Crippen LogP contribution in [0, 0.1) is 0 Å². The van der Waals surface area contributed by atoms with E-state index in [0.717, 1.165) is 19.3 Å². The quantitative estimate of drug-likeness (QED) is 0.366. The highest BCUT2D eigenvalue weighted by Gasteiger charge is 2.21. The normalized spacial score (nSPS) is 16.8. The highest BCUT2D eigenvalue weighted by atomic mass is 127. The van der Waals surface area contributed by atoms with Crippen LogP contribution in [0.5, 0.6) is 0 Å². The molecule has 0 radical (unpaired) electrons. The Morgan fingerprint density at radius 3 is 2.59 bits per heavy atom. The van der Waals surface area contributed by atoms with Crippen molar-refractivity contribution in [3.05, 3.63) is 35.4 Å². The van der Waals surface area contributed by atoms with E-state index in [0.29, 0.717) is 18.5 Å². The Balaban J connectivity index is 0.00000364. The Morgan fingerprint density at radius 1 is 1.30 bits per heavy atom. The van der Waals surface area contributed by atoms with Gasteiger partial charge in [0.05, 0.1) is 5.60 Å². The van der Waals surface area contributed by atoms with Gasteiger partial charge < -0.3 is 20.3 Å². The van der Waals surface area contributed by atoms with E-state index in [2.05, 4.69) is 39.9 Å². The molecule has 0 aromatic heterocycles. The molecule has 0 fully saturated rings. The van der Waals surface area contributed by atoms with Gasteiger partial charge in [-0.3, -0.25) is 4.79 Å². The number of ether oxygens (including phenoxy) is 1. The molecule has 0 spiro atoms. The van der Waals surface area contributed by atoms with Crippen LogP contribution in [0.2, 0.25) is 0 Å². The van der Waals surface area contributed by atoms with Gasteiger partial charge in [-0.15, -0.1) is 24.0 Å². The summed E-state index contributed by atoms with van der Waals surface area (Å²) in [5, 5.41) is 6.82. The number of hydrogen-bond donors (Lipinski definition) is 2. The van der Waals surface area contributed by atoms with E-state index in [1.54, 1.807) is 26.1 Å². The number of aliphatic imine (C=N–C) groups is 1. The van der Waals surface area contributed by atoms with Crippen LogP contribution in [-0.2, 0) is 22.4 Å². The Morgan fingerprint density at radius 2 is 1.96 bits per heavy atom. The molecule has 0 saturated carbocycles. The van der Waals surface area contributed by atoms with E-state index < -0.39 is 0 Å². The van der Waals surface area contributed by atoms with Gasteiger partial charge in [0.2, 0.25) is 5.91 Å². The second-order valence-electron chi connectivity index (χ2n) is 7.62. The van der Waals surface area contributed by atoms with Crippen molar-refractivity contribution in [3.8, 4) is 0 Å². The number of rotatable bonds is 6. The molecule has 0 heterocycles. The standard InChI is InChI=1S/C20H32N4O2.HI/c1-20(2,26-5)14-22-19(21-13-18(25)24(3)4)23-17-11-10-15-8-6-7-9-16(15)12-17;/h6-9,17H,10-14H2,1-5H3,(H2,21,22,23);1H. The molecule has 1 atom stereocenters. The van der Waals surface area contributed by atoms with Crippen LogP contribution >= 0.6 is 24.0 Å². The van der Waals surface area contributed by atoms with Crippen LogP contribution in [0.15, 0.2) is 29.3 Å². The molecule has 7 heteroatoms. The van der Waals surface area contributed by atoms with Crippen molar-refractivity contribution < 1.29 is 9.53 Å².